The van der Waals surface area contributed by atoms with E-state index in [1.807, 2.05) is 45.0 Å². The number of hydrogen-bond acceptors (Lipinski definition) is 3. The molecule has 0 aliphatic heterocycles. The Morgan fingerprint density at radius 3 is 2.17 bits per heavy atom. The molecular weight excluding hydrogens is 288 g/mol. The van der Waals surface area contributed by atoms with E-state index in [4.69, 9.17) is 4.74 Å². The number of carbonyl (C=O) groups excluding carboxylic acids is 1. The van der Waals surface area contributed by atoms with E-state index in [0.29, 0.717) is 6.04 Å². The lowest BCUT2D eigenvalue weighted by Gasteiger charge is -2.24. The van der Waals surface area contributed by atoms with Crippen LogP contribution >= 0.6 is 0 Å². The largest absolute Gasteiger partial charge is 0.444 e. The van der Waals surface area contributed by atoms with E-state index < -0.39 is 11.7 Å². The van der Waals surface area contributed by atoms with Crippen molar-refractivity contribution < 1.29 is 9.53 Å². The van der Waals surface area contributed by atoms with Gasteiger partial charge in [0.15, 0.2) is 0 Å². The maximum atomic E-state index is 12.0. The topological polar surface area (TPSA) is 50.4 Å². The Morgan fingerprint density at radius 2 is 1.57 bits per heavy atom. The molecule has 2 rings (SSSR count). The molecular formula is C19H30N2O2. The zero-order chi connectivity index (χ0) is 16.7. The molecule has 0 spiro atoms. The predicted octanol–water partition coefficient (Wildman–Crippen LogP) is 5.56. The fourth-order valence-electron chi connectivity index (χ4n) is 2.95. The van der Waals surface area contributed by atoms with E-state index in [-0.39, 0.29) is 0 Å². The molecule has 0 radical (unpaired) electrons. The number of hydrogen-bond donors (Lipinski definition) is 2. The van der Waals surface area contributed by atoms with E-state index in [1.54, 1.807) is 0 Å². The Kier molecular flexibility index (Phi) is 6.31. The van der Waals surface area contributed by atoms with Crippen LogP contribution in [-0.2, 0) is 4.74 Å². The summed E-state index contributed by atoms with van der Waals surface area (Å²) in [4.78, 5) is 12.0. The third-order valence-electron chi connectivity index (χ3n) is 4.03. The fraction of sp³-hybridized carbons (Fsp3) is 0.632. The Balaban J connectivity index is 2.00. The van der Waals surface area contributed by atoms with Gasteiger partial charge in [-0.15, -0.1) is 0 Å². The standard InChI is InChI=1S/C19H30N2O2/c1-19(2,3)23-18(22)21-17-14-10-9-13-16(17)20-15-11-7-5-4-6-8-12-15/h9-10,13-15,20H,4-8,11-12H2,1-3H3,(H,21,22). The SMILES string of the molecule is CC(C)(C)OC(=O)Nc1ccccc1NC1CCCCCCC1. The maximum Gasteiger partial charge on any atom is 0.412 e. The van der Waals surface area contributed by atoms with Crippen molar-refractivity contribution in [2.75, 3.05) is 10.6 Å². The van der Waals surface area contributed by atoms with Crippen LogP contribution in [0, 0.1) is 0 Å². The summed E-state index contributed by atoms with van der Waals surface area (Å²) in [5.74, 6) is 0. The average molecular weight is 318 g/mol. The lowest BCUT2D eigenvalue weighted by Crippen LogP contribution is -2.28. The molecule has 1 fully saturated rings. The zero-order valence-corrected chi connectivity index (χ0v) is 14.7. The molecule has 23 heavy (non-hydrogen) atoms. The van der Waals surface area contributed by atoms with Crippen LogP contribution in [0.25, 0.3) is 0 Å². The number of ether oxygens (including phenoxy) is 1. The van der Waals surface area contributed by atoms with Gasteiger partial charge in [-0.25, -0.2) is 4.79 Å². The minimum absolute atomic E-state index is 0.413. The van der Waals surface area contributed by atoms with Crippen LogP contribution in [0.2, 0.25) is 0 Å². The number of anilines is 2. The second kappa shape index (κ2) is 8.23. The quantitative estimate of drug-likeness (QED) is 0.767. The van der Waals surface area contributed by atoms with Crippen molar-refractivity contribution in [3.8, 4) is 0 Å². The van der Waals surface area contributed by atoms with Crippen LogP contribution in [0.15, 0.2) is 24.3 Å². The van der Waals surface area contributed by atoms with Gasteiger partial charge in [0, 0.05) is 6.04 Å². The van der Waals surface area contributed by atoms with Gasteiger partial charge in [0.25, 0.3) is 0 Å². The molecule has 1 aliphatic carbocycles. The third kappa shape index (κ3) is 6.51. The monoisotopic (exact) mass is 318 g/mol. The molecule has 1 aromatic rings. The Labute approximate surface area is 140 Å². The molecule has 0 aromatic heterocycles. The molecule has 1 aliphatic rings. The summed E-state index contributed by atoms with van der Waals surface area (Å²) < 4.78 is 5.35. The molecule has 0 unspecified atom stereocenters. The number of para-hydroxylation sites is 2. The van der Waals surface area contributed by atoms with Crippen molar-refractivity contribution in [3.63, 3.8) is 0 Å². The third-order valence-corrected chi connectivity index (χ3v) is 4.03. The van der Waals surface area contributed by atoms with Gasteiger partial charge in [-0.3, -0.25) is 5.32 Å². The van der Waals surface area contributed by atoms with E-state index >= 15 is 0 Å². The zero-order valence-electron chi connectivity index (χ0n) is 14.7. The van der Waals surface area contributed by atoms with Gasteiger partial charge in [0.05, 0.1) is 11.4 Å². The Morgan fingerprint density at radius 1 is 1.00 bits per heavy atom. The van der Waals surface area contributed by atoms with Crippen LogP contribution in [0.1, 0.15) is 65.7 Å². The molecule has 4 heteroatoms. The Hall–Kier alpha value is -1.71. The van der Waals surface area contributed by atoms with Crippen LogP contribution in [0.4, 0.5) is 16.2 Å². The highest BCUT2D eigenvalue weighted by Gasteiger charge is 2.18. The first-order valence-electron chi connectivity index (χ1n) is 8.79. The van der Waals surface area contributed by atoms with Gasteiger partial charge < -0.3 is 10.1 Å². The van der Waals surface area contributed by atoms with Gasteiger partial charge in [-0.2, -0.15) is 0 Å². The number of rotatable bonds is 3. The first-order chi connectivity index (χ1) is 10.9. The van der Waals surface area contributed by atoms with Gasteiger partial charge in [0.2, 0.25) is 0 Å². The summed E-state index contributed by atoms with van der Waals surface area (Å²) in [5, 5.41) is 6.48. The fourth-order valence-corrected chi connectivity index (χ4v) is 2.95. The highest BCUT2D eigenvalue weighted by molar-refractivity contribution is 5.89. The summed E-state index contributed by atoms with van der Waals surface area (Å²) in [6, 6.07) is 8.33. The molecule has 1 saturated carbocycles. The maximum absolute atomic E-state index is 12.0. The normalized spacial score (nSPS) is 17.0. The van der Waals surface area contributed by atoms with Crippen molar-refractivity contribution in [3.05, 3.63) is 24.3 Å². The summed E-state index contributed by atoms with van der Waals surface area (Å²) in [5.41, 5.74) is 1.26. The summed E-state index contributed by atoms with van der Waals surface area (Å²) in [7, 11) is 0. The Bertz CT molecular complexity index is 500. The molecule has 2 N–H and O–H groups in total. The van der Waals surface area contributed by atoms with Gasteiger partial charge in [-0.05, 0) is 45.7 Å². The molecule has 128 valence electrons. The number of carbonyl (C=O) groups is 1. The van der Waals surface area contributed by atoms with E-state index in [2.05, 4.69) is 10.6 Å². The number of amides is 1. The van der Waals surface area contributed by atoms with Gasteiger partial charge in [-0.1, -0.05) is 44.2 Å². The second-order valence-electron chi connectivity index (χ2n) is 7.36. The van der Waals surface area contributed by atoms with Crippen LogP contribution in [-0.4, -0.2) is 17.7 Å². The highest BCUT2D eigenvalue weighted by atomic mass is 16.6. The van der Waals surface area contributed by atoms with E-state index in [0.717, 1.165) is 11.4 Å². The first kappa shape index (κ1) is 17.6. The lowest BCUT2D eigenvalue weighted by atomic mass is 9.96. The van der Waals surface area contributed by atoms with Crippen molar-refractivity contribution in [2.24, 2.45) is 0 Å². The second-order valence-corrected chi connectivity index (χ2v) is 7.36. The highest BCUT2D eigenvalue weighted by Crippen LogP contribution is 2.26. The van der Waals surface area contributed by atoms with Crippen LogP contribution in [0.3, 0.4) is 0 Å². The molecule has 4 nitrogen and oxygen atoms in total. The number of benzene rings is 1. The molecule has 1 aromatic carbocycles. The van der Waals surface area contributed by atoms with Crippen LogP contribution < -0.4 is 10.6 Å². The summed E-state index contributed by atoms with van der Waals surface area (Å²) in [6.07, 6.45) is 8.56. The van der Waals surface area contributed by atoms with Crippen molar-refractivity contribution in [1.82, 2.24) is 0 Å². The average Bonchev–Trinajstić information content (AvgIpc) is 2.41. The minimum Gasteiger partial charge on any atom is -0.444 e. The van der Waals surface area contributed by atoms with Gasteiger partial charge >= 0.3 is 6.09 Å². The lowest BCUT2D eigenvalue weighted by molar-refractivity contribution is 0.0636. The smallest absolute Gasteiger partial charge is 0.412 e. The van der Waals surface area contributed by atoms with E-state index in [1.165, 1.54) is 44.9 Å². The summed E-state index contributed by atoms with van der Waals surface area (Å²) >= 11 is 0. The van der Waals surface area contributed by atoms with Gasteiger partial charge in [0.1, 0.15) is 5.60 Å². The molecule has 1 amide bonds. The van der Waals surface area contributed by atoms with E-state index in [9.17, 15) is 4.79 Å². The summed E-state index contributed by atoms with van der Waals surface area (Å²) in [6.45, 7) is 5.60. The molecule has 0 saturated heterocycles. The molecule has 0 bridgehead atoms. The van der Waals surface area contributed by atoms with Crippen molar-refractivity contribution >= 4 is 17.5 Å². The van der Waals surface area contributed by atoms with Crippen molar-refractivity contribution in [2.45, 2.75) is 77.4 Å². The van der Waals surface area contributed by atoms with Crippen molar-refractivity contribution in [1.29, 1.82) is 0 Å². The molecule has 0 atom stereocenters. The first-order valence-corrected chi connectivity index (χ1v) is 8.79. The number of nitrogens with one attached hydrogen (secondary N) is 2. The van der Waals surface area contributed by atoms with Crippen LogP contribution in [0.5, 0.6) is 0 Å². The molecule has 0 heterocycles. The predicted molar refractivity (Wildman–Crippen MR) is 96.0 cm³/mol. The minimum atomic E-state index is -0.494.